The Morgan fingerprint density at radius 1 is 1.25 bits per heavy atom. The maximum absolute atomic E-state index is 12.5. The van der Waals surface area contributed by atoms with Crippen LogP contribution in [-0.2, 0) is 12.2 Å². The summed E-state index contributed by atoms with van der Waals surface area (Å²) in [5.41, 5.74) is 8.58. The first-order chi connectivity index (χ1) is 15.6. The van der Waals surface area contributed by atoms with E-state index in [9.17, 15) is 4.79 Å². The van der Waals surface area contributed by atoms with Crippen LogP contribution >= 0.6 is 23.1 Å². The molecule has 164 valence electrons. The maximum atomic E-state index is 12.5. The Labute approximate surface area is 192 Å². The zero-order valence-corrected chi connectivity index (χ0v) is 18.7. The van der Waals surface area contributed by atoms with Gasteiger partial charge in [-0.3, -0.25) is 20.2 Å². The maximum Gasteiger partial charge on any atom is 0.255 e. The van der Waals surface area contributed by atoms with Crippen LogP contribution in [0.3, 0.4) is 0 Å². The molecule has 3 heterocycles. The van der Waals surface area contributed by atoms with Crippen LogP contribution in [0, 0.1) is 5.41 Å². The molecule has 0 unspecified atom stereocenters. The Bertz CT molecular complexity index is 1290. The van der Waals surface area contributed by atoms with Gasteiger partial charge in [0.15, 0.2) is 11.1 Å². The monoisotopic (exact) mass is 466 g/mol. The average molecular weight is 467 g/mol. The molecule has 0 saturated heterocycles. The molecule has 0 spiro atoms. The summed E-state index contributed by atoms with van der Waals surface area (Å²) >= 11 is 3.13. The summed E-state index contributed by atoms with van der Waals surface area (Å²) < 4.78 is 0. The summed E-state index contributed by atoms with van der Waals surface area (Å²) in [5.74, 6) is 1.91. The van der Waals surface area contributed by atoms with Gasteiger partial charge in [-0.15, -0.1) is 11.3 Å². The van der Waals surface area contributed by atoms with Gasteiger partial charge in [0.25, 0.3) is 5.56 Å². The van der Waals surface area contributed by atoms with Crippen LogP contribution in [0.15, 0.2) is 52.9 Å². The second-order valence-corrected chi connectivity index (χ2v) is 8.92. The van der Waals surface area contributed by atoms with Crippen LogP contribution in [0.1, 0.15) is 16.8 Å². The van der Waals surface area contributed by atoms with Gasteiger partial charge in [-0.05, 0) is 17.7 Å². The molecule has 32 heavy (non-hydrogen) atoms. The van der Waals surface area contributed by atoms with Crippen LogP contribution in [0.5, 0.6) is 0 Å². The van der Waals surface area contributed by atoms with Gasteiger partial charge in [0, 0.05) is 53.2 Å². The van der Waals surface area contributed by atoms with Gasteiger partial charge in [-0.1, -0.05) is 18.2 Å². The van der Waals surface area contributed by atoms with Crippen LogP contribution < -0.4 is 21.9 Å². The van der Waals surface area contributed by atoms with Crippen molar-refractivity contribution < 1.29 is 0 Å². The number of nitrogens with one attached hydrogen (secondary N) is 4. The molecule has 0 atom stereocenters. The number of aromatic amines is 1. The zero-order chi connectivity index (χ0) is 22.3. The predicted molar refractivity (Wildman–Crippen MR) is 132 cm³/mol. The summed E-state index contributed by atoms with van der Waals surface area (Å²) in [4.78, 5) is 28.4. The van der Waals surface area contributed by atoms with Gasteiger partial charge in [-0.25, -0.2) is 9.97 Å². The number of nitrogens with zero attached hydrogens (tertiary/aromatic N) is 3. The number of H-pyrrole nitrogens is 1. The van der Waals surface area contributed by atoms with E-state index in [0.29, 0.717) is 29.6 Å². The number of nitrogens with two attached hydrogens (primary N) is 1. The summed E-state index contributed by atoms with van der Waals surface area (Å²) in [6, 6.07) is 9.95. The molecule has 3 aromatic heterocycles. The topological polar surface area (TPSA) is 145 Å². The van der Waals surface area contributed by atoms with Crippen LogP contribution in [0.4, 0.5) is 11.1 Å². The lowest BCUT2D eigenvalue weighted by Crippen LogP contribution is -2.20. The molecule has 1 aromatic carbocycles. The Morgan fingerprint density at radius 2 is 2.12 bits per heavy atom. The van der Waals surface area contributed by atoms with Crippen LogP contribution in [0.2, 0.25) is 0 Å². The van der Waals surface area contributed by atoms with Crippen molar-refractivity contribution in [1.29, 1.82) is 5.41 Å². The van der Waals surface area contributed by atoms with Crippen LogP contribution in [-0.4, -0.2) is 38.2 Å². The first-order valence-electron chi connectivity index (χ1n) is 9.86. The predicted octanol–water partition coefficient (Wildman–Crippen LogP) is 3.02. The molecule has 0 aliphatic rings. The summed E-state index contributed by atoms with van der Waals surface area (Å²) in [7, 11) is 0. The third kappa shape index (κ3) is 5.83. The molecule has 0 saturated carbocycles. The van der Waals surface area contributed by atoms with E-state index >= 15 is 0 Å². The van der Waals surface area contributed by atoms with E-state index in [2.05, 4.69) is 30.6 Å². The van der Waals surface area contributed by atoms with Crippen molar-refractivity contribution in [3.05, 3.63) is 75.3 Å². The molecule has 4 aromatic rings. The fraction of sp³-hybridized carbons (Fsp3) is 0.190. The molecule has 0 amide bonds. The molecule has 9 nitrogen and oxygen atoms in total. The highest BCUT2D eigenvalue weighted by Crippen LogP contribution is 2.19. The summed E-state index contributed by atoms with van der Waals surface area (Å²) in [6.45, 7) is 0.657. The van der Waals surface area contributed by atoms with E-state index in [1.807, 2.05) is 35.7 Å². The van der Waals surface area contributed by atoms with Gasteiger partial charge >= 0.3 is 0 Å². The van der Waals surface area contributed by atoms with E-state index < -0.39 is 0 Å². The molecule has 4 rings (SSSR count). The molecule has 0 radical (unpaired) electrons. The Kier molecular flexibility index (Phi) is 6.97. The SMILES string of the molecule is N=C(N)Nc1nc(CSCCNc2ncc(Cc3cnc4ccccc4c3)c(=O)[nH]2)cs1. The summed E-state index contributed by atoms with van der Waals surface area (Å²) in [5, 5.41) is 16.6. The van der Waals surface area contributed by atoms with E-state index in [1.165, 1.54) is 11.3 Å². The molecule has 0 aliphatic heterocycles. The van der Waals surface area contributed by atoms with Crippen molar-refractivity contribution in [3.63, 3.8) is 0 Å². The number of anilines is 2. The number of thiazole rings is 1. The van der Waals surface area contributed by atoms with Gasteiger partial charge in [0.2, 0.25) is 5.95 Å². The minimum Gasteiger partial charge on any atom is -0.370 e. The number of thioether (sulfide) groups is 1. The molecule has 11 heteroatoms. The second-order valence-electron chi connectivity index (χ2n) is 6.96. The third-order valence-corrected chi connectivity index (χ3v) is 6.30. The quantitative estimate of drug-likeness (QED) is 0.144. The molecule has 0 fully saturated rings. The van der Waals surface area contributed by atoms with E-state index in [4.69, 9.17) is 11.1 Å². The highest BCUT2D eigenvalue weighted by molar-refractivity contribution is 7.98. The number of hydrogen-bond acceptors (Lipinski definition) is 8. The fourth-order valence-corrected chi connectivity index (χ4v) is 4.61. The van der Waals surface area contributed by atoms with E-state index in [1.54, 1.807) is 24.2 Å². The minimum atomic E-state index is -0.156. The van der Waals surface area contributed by atoms with Crippen molar-refractivity contribution in [3.8, 4) is 0 Å². The van der Waals surface area contributed by atoms with Gasteiger partial charge in [0.05, 0.1) is 11.2 Å². The lowest BCUT2D eigenvalue weighted by atomic mass is 10.1. The smallest absolute Gasteiger partial charge is 0.255 e. The standard InChI is InChI=1S/C21H22N8OS2/c22-19(23)29-21-27-16(12-32-21)11-31-6-5-24-20-26-10-15(18(30)28-20)8-13-7-14-3-1-2-4-17(14)25-9-13/h1-4,7,9-10,12H,5-6,8,11H2,(H4,22,23,27,29)(H2,24,26,28,30). The van der Waals surface area contributed by atoms with Gasteiger partial charge in [-0.2, -0.15) is 11.8 Å². The molecular weight excluding hydrogens is 444 g/mol. The van der Waals surface area contributed by atoms with Crippen molar-refractivity contribution in [2.24, 2.45) is 5.73 Å². The third-order valence-electron chi connectivity index (χ3n) is 4.50. The lowest BCUT2D eigenvalue weighted by molar-refractivity contribution is 1.00. The van der Waals surface area contributed by atoms with Crippen molar-refractivity contribution >= 4 is 51.0 Å². The van der Waals surface area contributed by atoms with E-state index in [0.717, 1.165) is 33.7 Å². The lowest BCUT2D eigenvalue weighted by Gasteiger charge is -2.07. The molecule has 6 N–H and O–H groups in total. The van der Waals surface area contributed by atoms with Crippen molar-refractivity contribution in [2.45, 2.75) is 12.2 Å². The normalized spacial score (nSPS) is 10.9. The number of aromatic nitrogens is 4. The molecular formula is C21H22N8OS2. The van der Waals surface area contributed by atoms with Gasteiger partial charge < -0.3 is 16.4 Å². The Balaban J connectivity index is 1.25. The first kappa shape index (κ1) is 21.8. The molecule has 0 bridgehead atoms. The zero-order valence-electron chi connectivity index (χ0n) is 17.1. The van der Waals surface area contributed by atoms with Crippen LogP contribution in [0.25, 0.3) is 10.9 Å². The second kappa shape index (κ2) is 10.2. The number of guanidine groups is 1. The highest BCUT2D eigenvalue weighted by atomic mass is 32.2. The Hall–Kier alpha value is -3.44. The number of benzene rings is 1. The number of hydrogen-bond donors (Lipinski definition) is 5. The minimum absolute atomic E-state index is 0.121. The summed E-state index contributed by atoms with van der Waals surface area (Å²) in [6.07, 6.45) is 3.89. The number of para-hydroxylation sites is 1. The van der Waals surface area contributed by atoms with Gasteiger partial charge in [0.1, 0.15) is 0 Å². The molecule has 0 aliphatic carbocycles. The number of rotatable bonds is 9. The Morgan fingerprint density at radius 3 is 2.97 bits per heavy atom. The average Bonchev–Trinajstić information content (AvgIpc) is 3.21. The fourth-order valence-electron chi connectivity index (χ4n) is 3.03. The highest BCUT2D eigenvalue weighted by Gasteiger charge is 2.06. The first-order valence-corrected chi connectivity index (χ1v) is 11.9. The van der Waals surface area contributed by atoms with Crippen molar-refractivity contribution in [1.82, 2.24) is 19.9 Å². The largest absolute Gasteiger partial charge is 0.370 e. The van der Waals surface area contributed by atoms with E-state index in [-0.39, 0.29) is 11.5 Å². The number of pyridine rings is 1. The number of fused-ring (bicyclic) bond motifs is 1. The van der Waals surface area contributed by atoms with Crippen molar-refractivity contribution in [2.75, 3.05) is 22.9 Å².